The zero-order valence-corrected chi connectivity index (χ0v) is 8.03. The maximum absolute atomic E-state index is 11.3. The Hall–Kier alpha value is -0.610. The molecule has 0 fully saturated rings. The van der Waals surface area contributed by atoms with Gasteiger partial charge in [0.05, 0.1) is 5.54 Å². The molecule has 12 heavy (non-hydrogen) atoms. The second kappa shape index (κ2) is 2.71. The van der Waals surface area contributed by atoms with Crippen LogP contribution in [0, 0.1) is 5.21 Å². The van der Waals surface area contributed by atoms with Gasteiger partial charge < -0.3 is 10.4 Å². The first-order chi connectivity index (χ1) is 5.36. The van der Waals surface area contributed by atoms with E-state index in [1.165, 1.54) is 0 Å². The van der Waals surface area contributed by atoms with Crippen LogP contribution in [0.2, 0.25) is 0 Å². The van der Waals surface area contributed by atoms with Gasteiger partial charge in [-0.25, -0.2) is 0 Å². The van der Waals surface area contributed by atoms with Gasteiger partial charge in [-0.1, -0.05) is 0 Å². The molecule has 0 aromatic heterocycles. The third-order valence-electron chi connectivity index (χ3n) is 2.38. The van der Waals surface area contributed by atoms with Crippen LogP contribution in [-0.2, 0) is 0 Å². The minimum absolute atomic E-state index is 0.329. The summed E-state index contributed by atoms with van der Waals surface area (Å²) in [5.41, 5.74) is 0.447. The maximum atomic E-state index is 11.3. The molecule has 1 heterocycles. The Morgan fingerprint density at radius 3 is 2.67 bits per heavy atom. The first kappa shape index (κ1) is 9.48. The van der Waals surface area contributed by atoms with Crippen LogP contribution in [0.25, 0.3) is 0 Å². The maximum Gasteiger partial charge on any atom is 0.237 e. The van der Waals surface area contributed by atoms with E-state index < -0.39 is 6.17 Å². The van der Waals surface area contributed by atoms with Crippen molar-refractivity contribution in [2.24, 2.45) is 0 Å². The molecule has 0 aromatic rings. The highest BCUT2D eigenvalue weighted by molar-refractivity contribution is 5.78. The minimum atomic E-state index is -0.478. The molecule has 0 saturated carbocycles. The standard InChI is InChI=1S/C8H16N2O2/c1-6-5-8(3,4)10(12)7(2)9(6)11/h7,12H,5H2,1-4H3/t7-/m0/s1. The third kappa shape index (κ3) is 1.32. The predicted octanol–water partition coefficient (Wildman–Crippen LogP) is 1.18. The van der Waals surface area contributed by atoms with E-state index in [0.717, 1.165) is 15.5 Å². The lowest BCUT2D eigenvalue weighted by atomic mass is 9.95. The molecule has 1 aliphatic heterocycles. The van der Waals surface area contributed by atoms with Crippen molar-refractivity contribution in [2.45, 2.75) is 45.8 Å². The minimum Gasteiger partial charge on any atom is -0.623 e. The van der Waals surface area contributed by atoms with Crippen LogP contribution in [0.3, 0.4) is 0 Å². The summed E-state index contributed by atoms with van der Waals surface area (Å²) in [6.45, 7) is 7.33. The Morgan fingerprint density at radius 2 is 2.17 bits per heavy atom. The number of hydrogen-bond acceptors (Lipinski definition) is 3. The van der Waals surface area contributed by atoms with Gasteiger partial charge >= 0.3 is 0 Å². The molecule has 0 aliphatic carbocycles. The second-order valence-electron chi connectivity index (χ2n) is 4.03. The Bertz CT molecular complexity index is 223. The van der Waals surface area contributed by atoms with E-state index in [2.05, 4.69) is 0 Å². The Labute approximate surface area is 72.6 Å². The van der Waals surface area contributed by atoms with Crippen LogP contribution in [-0.4, -0.2) is 32.4 Å². The van der Waals surface area contributed by atoms with Gasteiger partial charge in [0.2, 0.25) is 6.17 Å². The highest BCUT2D eigenvalue weighted by Gasteiger charge is 2.40. The summed E-state index contributed by atoms with van der Waals surface area (Å²) < 4.78 is 0.852. The van der Waals surface area contributed by atoms with Crippen molar-refractivity contribution in [2.75, 3.05) is 0 Å². The van der Waals surface area contributed by atoms with Crippen molar-refractivity contribution >= 4 is 5.71 Å². The molecule has 1 N–H and O–H groups in total. The lowest BCUT2D eigenvalue weighted by molar-refractivity contribution is -0.569. The van der Waals surface area contributed by atoms with Gasteiger partial charge in [0.15, 0.2) is 5.71 Å². The lowest BCUT2D eigenvalue weighted by Gasteiger charge is -2.39. The van der Waals surface area contributed by atoms with Crippen molar-refractivity contribution in [3.8, 4) is 0 Å². The van der Waals surface area contributed by atoms with Crippen molar-refractivity contribution < 1.29 is 9.95 Å². The Morgan fingerprint density at radius 1 is 1.67 bits per heavy atom. The molecular weight excluding hydrogens is 156 g/mol. The largest absolute Gasteiger partial charge is 0.623 e. The number of hydrogen-bond donors (Lipinski definition) is 1. The van der Waals surface area contributed by atoms with Gasteiger partial charge in [-0.05, 0) is 13.8 Å². The van der Waals surface area contributed by atoms with E-state index in [1.54, 1.807) is 13.8 Å². The number of rotatable bonds is 0. The molecular formula is C8H16N2O2. The fourth-order valence-corrected chi connectivity index (χ4v) is 1.71. The highest BCUT2D eigenvalue weighted by atomic mass is 16.5. The second-order valence-corrected chi connectivity index (χ2v) is 4.03. The van der Waals surface area contributed by atoms with Crippen molar-refractivity contribution in [1.82, 2.24) is 5.06 Å². The van der Waals surface area contributed by atoms with Crippen LogP contribution < -0.4 is 0 Å². The van der Waals surface area contributed by atoms with E-state index in [-0.39, 0.29) is 5.54 Å². The molecule has 4 nitrogen and oxygen atoms in total. The summed E-state index contributed by atoms with van der Waals surface area (Å²) in [5, 5.41) is 22.0. The summed E-state index contributed by atoms with van der Waals surface area (Å²) in [6, 6.07) is 0. The Kier molecular flexibility index (Phi) is 2.14. The molecule has 1 rings (SSSR count). The normalized spacial score (nSPS) is 30.9. The molecule has 0 amide bonds. The molecule has 0 bridgehead atoms. The van der Waals surface area contributed by atoms with Crippen LogP contribution in [0.5, 0.6) is 0 Å². The van der Waals surface area contributed by atoms with Crippen molar-refractivity contribution in [1.29, 1.82) is 0 Å². The molecule has 0 saturated heterocycles. The van der Waals surface area contributed by atoms with Crippen LogP contribution >= 0.6 is 0 Å². The van der Waals surface area contributed by atoms with Crippen molar-refractivity contribution in [3.05, 3.63) is 5.21 Å². The lowest BCUT2D eigenvalue weighted by Crippen LogP contribution is -2.56. The fourth-order valence-electron chi connectivity index (χ4n) is 1.71. The van der Waals surface area contributed by atoms with Gasteiger partial charge in [0, 0.05) is 20.3 Å². The SMILES string of the molecule is CC1=[N+]([O-])[C@H](C)N(O)C(C)(C)C1. The summed E-state index contributed by atoms with van der Waals surface area (Å²) in [7, 11) is 0. The van der Waals surface area contributed by atoms with Crippen LogP contribution in [0.15, 0.2) is 0 Å². The van der Waals surface area contributed by atoms with Gasteiger partial charge in [0.25, 0.3) is 0 Å². The summed E-state index contributed by atoms with van der Waals surface area (Å²) >= 11 is 0. The smallest absolute Gasteiger partial charge is 0.237 e. The summed E-state index contributed by atoms with van der Waals surface area (Å²) in [6.07, 6.45) is 0.130. The molecule has 0 aromatic carbocycles. The molecule has 1 aliphatic rings. The van der Waals surface area contributed by atoms with Crippen molar-refractivity contribution in [3.63, 3.8) is 0 Å². The highest BCUT2D eigenvalue weighted by Crippen LogP contribution is 2.24. The fraction of sp³-hybridized carbons (Fsp3) is 0.875. The zero-order chi connectivity index (χ0) is 9.52. The van der Waals surface area contributed by atoms with Gasteiger partial charge in [-0.3, -0.25) is 0 Å². The quantitative estimate of drug-likeness (QED) is 0.441. The first-order valence-electron chi connectivity index (χ1n) is 4.13. The summed E-state index contributed by atoms with van der Waals surface area (Å²) in [4.78, 5) is 0. The summed E-state index contributed by atoms with van der Waals surface area (Å²) in [5.74, 6) is 0. The topological polar surface area (TPSA) is 49.5 Å². The van der Waals surface area contributed by atoms with Crippen LogP contribution in [0.1, 0.15) is 34.1 Å². The molecule has 0 radical (unpaired) electrons. The number of hydroxylamine groups is 3. The third-order valence-corrected chi connectivity index (χ3v) is 2.38. The zero-order valence-electron chi connectivity index (χ0n) is 8.03. The molecule has 4 heteroatoms. The van der Waals surface area contributed by atoms with E-state index >= 15 is 0 Å². The average Bonchev–Trinajstić information content (AvgIpc) is 1.97. The van der Waals surface area contributed by atoms with E-state index in [0.29, 0.717) is 6.42 Å². The molecule has 70 valence electrons. The van der Waals surface area contributed by atoms with Gasteiger partial charge in [0.1, 0.15) is 0 Å². The van der Waals surface area contributed by atoms with Gasteiger partial charge in [-0.15, -0.1) is 5.06 Å². The molecule has 1 atom stereocenters. The molecule has 0 unspecified atom stereocenters. The van der Waals surface area contributed by atoms with E-state index in [1.807, 2.05) is 13.8 Å². The Balaban J connectivity index is 2.99. The van der Waals surface area contributed by atoms with Crippen LogP contribution in [0.4, 0.5) is 0 Å². The number of nitrogens with zero attached hydrogens (tertiary/aromatic N) is 2. The van der Waals surface area contributed by atoms with E-state index in [9.17, 15) is 10.4 Å². The van der Waals surface area contributed by atoms with E-state index in [4.69, 9.17) is 0 Å². The predicted molar refractivity (Wildman–Crippen MR) is 46.1 cm³/mol. The monoisotopic (exact) mass is 172 g/mol. The average molecular weight is 172 g/mol. The van der Waals surface area contributed by atoms with Gasteiger partial charge in [-0.2, -0.15) is 4.74 Å². The first-order valence-corrected chi connectivity index (χ1v) is 4.13. The molecule has 0 spiro atoms.